The Morgan fingerprint density at radius 2 is 1.31 bits per heavy atom. The quantitative estimate of drug-likeness (QED) is 0.183. The minimum absolute atomic E-state index is 0.0182. The average Bonchev–Trinajstić information content (AvgIpc) is 3.78. The highest BCUT2D eigenvalue weighted by molar-refractivity contribution is 6.18. The number of para-hydroxylation sites is 2. The van der Waals surface area contributed by atoms with Crippen LogP contribution in [0.4, 0.5) is 4.39 Å². The van der Waals surface area contributed by atoms with Crippen LogP contribution in [0.1, 0.15) is 31.9 Å². The standard InChI is InChI=1S/C50H37FN2O/c1-30-18-22-40(49-52-43-16-10-11-17-45(43)53(49)44-27-21-34(50(2,3)4)29-41(44)31-12-6-5-7-13-31)48-46(30)39-24-20-33-28-32(19-23-36(33)47(39)54-48)35-25-26-42(51)38-15-9-8-14-37(35)38/h5-29H,1-4H3. The maximum Gasteiger partial charge on any atom is 0.149 e. The molecule has 10 aromatic rings. The van der Waals surface area contributed by atoms with Gasteiger partial charge < -0.3 is 4.42 Å². The topological polar surface area (TPSA) is 31.0 Å². The summed E-state index contributed by atoms with van der Waals surface area (Å²) in [5.41, 5.74) is 12.3. The van der Waals surface area contributed by atoms with Crippen molar-refractivity contribution in [3.05, 3.63) is 169 Å². The first-order valence-corrected chi connectivity index (χ1v) is 18.5. The number of aromatic nitrogens is 2. The molecule has 0 spiro atoms. The highest BCUT2D eigenvalue weighted by atomic mass is 19.1. The molecule has 0 bridgehead atoms. The lowest BCUT2D eigenvalue weighted by molar-refractivity contribution is 0.590. The van der Waals surface area contributed by atoms with Crippen LogP contribution in [-0.4, -0.2) is 9.55 Å². The van der Waals surface area contributed by atoms with Crippen LogP contribution in [-0.2, 0) is 5.41 Å². The number of benzene rings is 8. The van der Waals surface area contributed by atoms with Gasteiger partial charge in [0, 0.05) is 27.1 Å². The summed E-state index contributed by atoms with van der Waals surface area (Å²) in [6.45, 7) is 8.92. The number of hydrogen-bond donors (Lipinski definition) is 0. The zero-order chi connectivity index (χ0) is 36.7. The molecule has 0 aliphatic heterocycles. The lowest BCUT2D eigenvalue weighted by Gasteiger charge is -2.23. The summed E-state index contributed by atoms with van der Waals surface area (Å²) in [6.07, 6.45) is 0. The summed E-state index contributed by atoms with van der Waals surface area (Å²) in [4.78, 5) is 5.33. The number of fused-ring (bicyclic) bond motifs is 7. The third kappa shape index (κ3) is 4.98. The molecule has 10 rings (SSSR count). The van der Waals surface area contributed by atoms with Crippen LogP contribution in [0.3, 0.4) is 0 Å². The molecule has 0 atom stereocenters. The van der Waals surface area contributed by atoms with Gasteiger partial charge in [0.15, 0.2) is 0 Å². The van der Waals surface area contributed by atoms with E-state index in [2.05, 4.69) is 141 Å². The smallest absolute Gasteiger partial charge is 0.149 e. The van der Waals surface area contributed by atoms with Gasteiger partial charge in [0.1, 0.15) is 22.8 Å². The molecule has 0 N–H and O–H groups in total. The Bertz CT molecular complexity index is 3110. The number of aryl methyl sites for hydroxylation is 1. The molecule has 0 aliphatic carbocycles. The van der Waals surface area contributed by atoms with Crippen molar-refractivity contribution in [1.29, 1.82) is 0 Å². The Kier molecular flexibility index (Phi) is 7.15. The maximum atomic E-state index is 14.7. The van der Waals surface area contributed by atoms with Crippen molar-refractivity contribution in [3.63, 3.8) is 0 Å². The van der Waals surface area contributed by atoms with Crippen molar-refractivity contribution >= 4 is 54.5 Å². The van der Waals surface area contributed by atoms with Gasteiger partial charge in [-0.05, 0) is 106 Å². The number of nitrogens with zero attached hydrogens (tertiary/aromatic N) is 2. The van der Waals surface area contributed by atoms with E-state index in [-0.39, 0.29) is 11.2 Å². The summed E-state index contributed by atoms with van der Waals surface area (Å²) in [6, 6.07) is 52.1. The van der Waals surface area contributed by atoms with E-state index in [9.17, 15) is 4.39 Å². The highest BCUT2D eigenvalue weighted by Crippen LogP contribution is 2.44. The summed E-state index contributed by atoms with van der Waals surface area (Å²) in [7, 11) is 0. The number of rotatable bonds is 4. The van der Waals surface area contributed by atoms with Gasteiger partial charge in [0.05, 0.1) is 22.3 Å². The number of imidazole rings is 1. The maximum absolute atomic E-state index is 14.7. The van der Waals surface area contributed by atoms with E-state index in [4.69, 9.17) is 9.40 Å². The molecule has 2 heterocycles. The first-order chi connectivity index (χ1) is 26.2. The second kappa shape index (κ2) is 12.0. The zero-order valence-corrected chi connectivity index (χ0v) is 30.6. The molecule has 2 aromatic heterocycles. The molecule has 0 saturated heterocycles. The summed E-state index contributed by atoms with van der Waals surface area (Å²) < 4.78 is 24.0. The van der Waals surface area contributed by atoms with Crippen LogP contribution >= 0.6 is 0 Å². The third-order valence-electron chi connectivity index (χ3n) is 11.0. The predicted octanol–water partition coefficient (Wildman–Crippen LogP) is 14.0. The fraction of sp³-hybridized carbons (Fsp3) is 0.100. The SMILES string of the molecule is Cc1ccc(-c2nc3ccccc3n2-c2ccc(C(C)(C)C)cc2-c2ccccc2)c2oc3c4ccc(-c5ccc(F)c6ccccc56)cc4ccc3c12. The first kappa shape index (κ1) is 32.2. The normalized spacial score (nSPS) is 12.2. The van der Waals surface area contributed by atoms with Crippen molar-refractivity contribution in [2.45, 2.75) is 33.1 Å². The van der Waals surface area contributed by atoms with E-state index >= 15 is 0 Å². The van der Waals surface area contributed by atoms with E-state index in [1.54, 1.807) is 6.07 Å². The van der Waals surface area contributed by atoms with Crippen LogP contribution in [0.5, 0.6) is 0 Å². The molecular weight excluding hydrogens is 664 g/mol. The van der Waals surface area contributed by atoms with Gasteiger partial charge in [-0.3, -0.25) is 4.57 Å². The Balaban J connectivity index is 1.21. The Morgan fingerprint density at radius 1 is 0.574 bits per heavy atom. The zero-order valence-electron chi connectivity index (χ0n) is 30.6. The molecule has 0 unspecified atom stereocenters. The van der Waals surface area contributed by atoms with Crippen LogP contribution in [0.25, 0.3) is 93.8 Å². The Morgan fingerprint density at radius 3 is 2.15 bits per heavy atom. The fourth-order valence-electron chi connectivity index (χ4n) is 8.19. The minimum atomic E-state index is -0.211. The molecule has 0 aliphatic rings. The lowest BCUT2D eigenvalue weighted by atomic mass is 9.85. The van der Waals surface area contributed by atoms with Crippen LogP contribution in [0.15, 0.2) is 156 Å². The van der Waals surface area contributed by atoms with Crippen LogP contribution in [0, 0.1) is 12.7 Å². The van der Waals surface area contributed by atoms with E-state index < -0.39 is 0 Å². The highest BCUT2D eigenvalue weighted by Gasteiger charge is 2.24. The van der Waals surface area contributed by atoms with E-state index in [1.807, 2.05) is 36.4 Å². The first-order valence-electron chi connectivity index (χ1n) is 18.5. The largest absolute Gasteiger partial charge is 0.455 e. The van der Waals surface area contributed by atoms with Gasteiger partial charge in [-0.1, -0.05) is 118 Å². The van der Waals surface area contributed by atoms with Crippen molar-refractivity contribution in [1.82, 2.24) is 9.55 Å². The summed E-state index contributed by atoms with van der Waals surface area (Å²) in [5, 5.41) is 5.76. The molecule has 0 fully saturated rings. The van der Waals surface area contributed by atoms with E-state index in [0.717, 1.165) is 94.0 Å². The van der Waals surface area contributed by atoms with Crippen LogP contribution < -0.4 is 0 Å². The minimum Gasteiger partial charge on any atom is -0.455 e. The third-order valence-corrected chi connectivity index (χ3v) is 11.0. The monoisotopic (exact) mass is 700 g/mol. The molecule has 4 heteroatoms. The molecule has 0 radical (unpaired) electrons. The molecule has 0 saturated carbocycles. The van der Waals surface area contributed by atoms with Crippen molar-refractivity contribution < 1.29 is 8.81 Å². The van der Waals surface area contributed by atoms with Crippen molar-refractivity contribution in [3.8, 4) is 39.3 Å². The second-order valence-corrected chi connectivity index (χ2v) is 15.4. The van der Waals surface area contributed by atoms with Crippen LogP contribution in [0.2, 0.25) is 0 Å². The molecule has 0 amide bonds. The fourth-order valence-corrected chi connectivity index (χ4v) is 8.19. The van der Waals surface area contributed by atoms with E-state index in [1.165, 1.54) is 5.56 Å². The molecule has 54 heavy (non-hydrogen) atoms. The molecule has 260 valence electrons. The average molecular weight is 701 g/mol. The lowest BCUT2D eigenvalue weighted by Crippen LogP contribution is -2.12. The number of halogens is 1. The van der Waals surface area contributed by atoms with E-state index in [0.29, 0.717) is 5.39 Å². The Labute approximate surface area is 312 Å². The molecule has 8 aromatic carbocycles. The molecule has 3 nitrogen and oxygen atoms in total. The Hall–Kier alpha value is -6.52. The van der Waals surface area contributed by atoms with Gasteiger partial charge in [0.2, 0.25) is 0 Å². The molecular formula is C50H37FN2O. The number of furan rings is 1. The van der Waals surface area contributed by atoms with Gasteiger partial charge in [0.25, 0.3) is 0 Å². The number of hydrogen-bond acceptors (Lipinski definition) is 2. The summed E-state index contributed by atoms with van der Waals surface area (Å²) in [5.74, 6) is 0.618. The van der Waals surface area contributed by atoms with Gasteiger partial charge in [-0.2, -0.15) is 0 Å². The predicted molar refractivity (Wildman–Crippen MR) is 223 cm³/mol. The summed E-state index contributed by atoms with van der Waals surface area (Å²) >= 11 is 0. The second-order valence-electron chi connectivity index (χ2n) is 15.4. The van der Waals surface area contributed by atoms with Gasteiger partial charge in [-0.15, -0.1) is 0 Å². The van der Waals surface area contributed by atoms with Crippen molar-refractivity contribution in [2.75, 3.05) is 0 Å². The van der Waals surface area contributed by atoms with Crippen molar-refractivity contribution in [2.24, 2.45) is 0 Å². The van der Waals surface area contributed by atoms with Gasteiger partial charge >= 0.3 is 0 Å². The van der Waals surface area contributed by atoms with Gasteiger partial charge in [-0.25, -0.2) is 9.37 Å².